The molecule has 3 nitrogen and oxygen atoms in total. The van der Waals surface area contributed by atoms with E-state index >= 15 is 0 Å². The van der Waals surface area contributed by atoms with Crippen molar-refractivity contribution in [1.82, 2.24) is 5.32 Å². The van der Waals surface area contributed by atoms with Crippen molar-refractivity contribution in [2.24, 2.45) is 5.92 Å². The van der Waals surface area contributed by atoms with Crippen molar-refractivity contribution in [3.05, 3.63) is 0 Å². The number of nitrogens with one attached hydrogen (secondary N) is 1. The van der Waals surface area contributed by atoms with Crippen molar-refractivity contribution in [2.45, 2.75) is 52.4 Å². The van der Waals surface area contributed by atoms with Gasteiger partial charge in [-0.2, -0.15) is 0 Å². The zero-order valence-electron chi connectivity index (χ0n) is 10.1. The normalized spacial score (nSPS) is 12.5. The van der Waals surface area contributed by atoms with Gasteiger partial charge in [-0.3, -0.25) is 4.79 Å². The van der Waals surface area contributed by atoms with Gasteiger partial charge < -0.3 is 10.4 Å². The lowest BCUT2D eigenvalue weighted by molar-refractivity contribution is -0.121. The molecule has 0 radical (unpaired) electrons. The number of carbonyl (C=O) groups is 1. The van der Waals surface area contributed by atoms with E-state index in [2.05, 4.69) is 19.2 Å². The summed E-state index contributed by atoms with van der Waals surface area (Å²) in [6, 6.07) is 0. The van der Waals surface area contributed by atoms with Crippen molar-refractivity contribution in [2.75, 3.05) is 13.2 Å². The van der Waals surface area contributed by atoms with Crippen molar-refractivity contribution >= 4 is 5.91 Å². The second-order valence-electron chi connectivity index (χ2n) is 4.23. The summed E-state index contributed by atoms with van der Waals surface area (Å²) < 4.78 is 0. The molecule has 0 spiro atoms. The predicted molar refractivity (Wildman–Crippen MR) is 62.6 cm³/mol. The van der Waals surface area contributed by atoms with Crippen molar-refractivity contribution in [1.29, 1.82) is 0 Å². The lowest BCUT2D eigenvalue weighted by Gasteiger charge is -2.11. The molecule has 0 rings (SSSR count). The topological polar surface area (TPSA) is 49.3 Å². The number of aliphatic hydroxyl groups is 1. The molecule has 0 aromatic heterocycles. The van der Waals surface area contributed by atoms with E-state index in [4.69, 9.17) is 5.11 Å². The van der Waals surface area contributed by atoms with E-state index in [9.17, 15) is 4.79 Å². The molecule has 2 N–H and O–H groups in total. The van der Waals surface area contributed by atoms with E-state index in [-0.39, 0.29) is 12.5 Å². The second-order valence-corrected chi connectivity index (χ2v) is 4.23. The van der Waals surface area contributed by atoms with Crippen LogP contribution in [0.3, 0.4) is 0 Å². The molecule has 0 aromatic carbocycles. The van der Waals surface area contributed by atoms with E-state index in [1.807, 2.05) is 0 Å². The summed E-state index contributed by atoms with van der Waals surface area (Å²) in [4.78, 5) is 11.3. The molecule has 0 heterocycles. The van der Waals surface area contributed by atoms with Crippen LogP contribution in [-0.4, -0.2) is 24.2 Å². The van der Waals surface area contributed by atoms with Crippen LogP contribution in [0, 0.1) is 5.92 Å². The van der Waals surface area contributed by atoms with Crippen molar-refractivity contribution in [3.63, 3.8) is 0 Å². The fourth-order valence-electron chi connectivity index (χ4n) is 1.55. The lowest BCUT2D eigenvalue weighted by atomic mass is 10.1. The average Bonchev–Trinajstić information content (AvgIpc) is 2.22. The quantitative estimate of drug-likeness (QED) is 0.579. The molecule has 0 aromatic rings. The number of aliphatic hydroxyl groups excluding tert-OH is 1. The fourth-order valence-corrected chi connectivity index (χ4v) is 1.55. The Morgan fingerprint density at radius 3 is 2.67 bits per heavy atom. The first kappa shape index (κ1) is 14.4. The molecule has 0 aliphatic carbocycles. The molecular weight excluding hydrogens is 190 g/mol. The highest BCUT2D eigenvalue weighted by molar-refractivity contribution is 5.75. The van der Waals surface area contributed by atoms with Crippen LogP contribution in [-0.2, 0) is 4.79 Å². The molecular formula is C12H25NO2. The van der Waals surface area contributed by atoms with Crippen molar-refractivity contribution in [3.8, 4) is 0 Å². The Bertz CT molecular complexity index is 160. The van der Waals surface area contributed by atoms with Gasteiger partial charge in [-0.15, -0.1) is 0 Å². The van der Waals surface area contributed by atoms with Gasteiger partial charge in [0.1, 0.15) is 0 Å². The summed E-state index contributed by atoms with van der Waals surface area (Å²) in [6.07, 6.45) is 5.57. The third-order valence-corrected chi connectivity index (χ3v) is 2.49. The van der Waals surface area contributed by atoms with Crippen molar-refractivity contribution < 1.29 is 9.90 Å². The van der Waals surface area contributed by atoms with Gasteiger partial charge in [0.25, 0.3) is 0 Å². The van der Waals surface area contributed by atoms with Crippen LogP contribution < -0.4 is 5.32 Å². The highest BCUT2D eigenvalue weighted by atomic mass is 16.2. The molecule has 1 atom stereocenters. The van der Waals surface area contributed by atoms with Gasteiger partial charge in [-0.25, -0.2) is 0 Å². The molecule has 0 saturated heterocycles. The van der Waals surface area contributed by atoms with Gasteiger partial charge in [-0.1, -0.05) is 26.7 Å². The average molecular weight is 215 g/mol. The highest BCUT2D eigenvalue weighted by Gasteiger charge is 2.04. The molecule has 15 heavy (non-hydrogen) atoms. The molecule has 90 valence electrons. The first-order valence-corrected chi connectivity index (χ1v) is 6.08. The van der Waals surface area contributed by atoms with E-state index in [0.717, 1.165) is 25.8 Å². The minimum atomic E-state index is 0.149. The molecule has 1 amide bonds. The van der Waals surface area contributed by atoms with E-state index in [1.54, 1.807) is 0 Å². The minimum absolute atomic E-state index is 0.149. The Labute approximate surface area is 93.3 Å². The first-order chi connectivity index (χ1) is 7.20. The van der Waals surface area contributed by atoms with Gasteiger partial charge in [0.2, 0.25) is 5.91 Å². The van der Waals surface area contributed by atoms with Gasteiger partial charge in [0, 0.05) is 19.6 Å². The number of hydrogen-bond acceptors (Lipinski definition) is 2. The van der Waals surface area contributed by atoms with Crippen LogP contribution in [0.1, 0.15) is 52.4 Å². The Morgan fingerprint density at radius 2 is 2.07 bits per heavy atom. The SMILES string of the molecule is CCCC(C)CNC(=O)CCCCCO. The van der Waals surface area contributed by atoms with Gasteiger partial charge in [-0.05, 0) is 25.2 Å². The van der Waals surface area contributed by atoms with E-state index in [0.29, 0.717) is 12.3 Å². The molecule has 3 heteroatoms. The summed E-state index contributed by atoms with van der Waals surface area (Å²) in [7, 11) is 0. The third kappa shape index (κ3) is 9.73. The largest absolute Gasteiger partial charge is 0.396 e. The standard InChI is InChI=1S/C12H25NO2/c1-3-7-11(2)10-13-12(15)8-5-4-6-9-14/h11,14H,3-10H2,1-2H3,(H,13,15). The van der Waals surface area contributed by atoms with Gasteiger partial charge >= 0.3 is 0 Å². The number of hydrogen-bond donors (Lipinski definition) is 2. The molecule has 0 fully saturated rings. The lowest BCUT2D eigenvalue weighted by Crippen LogP contribution is -2.27. The van der Waals surface area contributed by atoms with E-state index < -0.39 is 0 Å². The minimum Gasteiger partial charge on any atom is -0.396 e. The summed E-state index contributed by atoms with van der Waals surface area (Å²) in [5, 5.41) is 11.5. The van der Waals surface area contributed by atoms with Crippen LogP contribution in [0.2, 0.25) is 0 Å². The summed E-state index contributed by atoms with van der Waals surface area (Å²) >= 11 is 0. The highest BCUT2D eigenvalue weighted by Crippen LogP contribution is 2.03. The molecule has 0 aliphatic heterocycles. The Kier molecular flexibility index (Phi) is 9.59. The third-order valence-electron chi connectivity index (χ3n) is 2.49. The number of rotatable bonds is 9. The van der Waals surface area contributed by atoms with Crippen LogP contribution in [0.15, 0.2) is 0 Å². The fraction of sp³-hybridized carbons (Fsp3) is 0.917. The molecule has 0 saturated carbocycles. The molecule has 1 unspecified atom stereocenters. The van der Waals surface area contributed by atoms with Gasteiger partial charge in [0.05, 0.1) is 0 Å². The zero-order chi connectivity index (χ0) is 11.5. The van der Waals surface area contributed by atoms with Crippen LogP contribution in [0.25, 0.3) is 0 Å². The summed E-state index contributed by atoms with van der Waals surface area (Å²) in [5.74, 6) is 0.729. The van der Waals surface area contributed by atoms with Crippen LogP contribution in [0.4, 0.5) is 0 Å². The maximum absolute atomic E-state index is 11.3. The number of carbonyl (C=O) groups excluding carboxylic acids is 1. The summed E-state index contributed by atoms with van der Waals surface area (Å²) in [5.41, 5.74) is 0. The summed E-state index contributed by atoms with van der Waals surface area (Å²) in [6.45, 7) is 5.35. The Morgan fingerprint density at radius 1 is 1.33 bits per heavy atom. The predicted octanol–water partition coefficient (Wildman–Crippen LogP) is 2.09. The Balaban J connectivity index is 3.32. The van der Waals surface area contributed by atoms with Crippen LogP contribution in [0.5, 0.6) is 0 Å². The maximum atomic E-state index is 11.3. The number of amides is 1. The Hall–Kier alpha value is -0.570. The molecule has 0 aliphatic rings. The van der Waals surface area contributed by atoms with Crippen LogP contribution >= 0.6 is 0 Å². The smallest absolute Gasteiger partial charge is 0.220 e. The zero-order valence-corrected chi connectivity index (χ0v) is 10.1. The number of unbranched alkanes of at least 4 members (excludes halogenated alkanes) is 2. The van der Waals surface area contributed by atoms with Gasteiger partial charge in [0.15, 0.2) is 0 Å². The monoisotopic (exact) mass is 215 g/mol. The van der Waals surface area contributed by atoms with E-state index in [1.165, 1.54) is 12.8 Å². The second kappa shape index (κ2) is 9.97. The first-order valence-electron chi connectivity index (χ1n) is 6.08. The maximum Gasteiger partial charge on any atom is 0.220 e. The molecule has 0 bridgehead atoms.